The number of hydrogen-bond acceptors (Lipinski definition) is 1. The van der Waals surface area contributed by atoms with Crippen molar-refractivity contribution in [2.24, 2.45) is 0 Å². The summed E-state index contributed by atoms with van der Waals surface area (Å²) < 4.78 is 99.2. The average molecular weight is 336 g/mol. The molecular weight excluding hydrogens is 328 g/mol. The van der Waals surface area contributed by atoms with E-state index in [2.05, 4.69) is 4.74 Å². The molecule has 0 unspecified atom stereocenters. The van der Waals surface area contributed by atoms with Crippen LogP contribution in [-0.2, 0) is 0 Å². The lowest BCUT2D eigenvalue weighted by Gasteiger charge is -2.13. The van der Waals surface area contributed by atoms with Gasteiger partial charge in [0.2, 0.25) is 13.1 Å². The predicted octanol–water partition coefficient (Wildman–Crippen LogP) is 2.36. The van der Waals surface area contributed by atoms with E-state index in [1.807, 2.05) is 0 Å². The normalized spacial score (nSPS) is 10.8. The quantitative estimate of drug-likeness (QED) is 0.362. The van der Waals surface area contributed by atoms with Crippen molar-refractivity contribution in [1.29, 1.82) is 0 Å². The van der Waals surface area contributed by atoms with Gasteiger partial charge in [-0.1, -0.05) is 0 Å². The smallest absolute Gasteiger partial charge is 0.206 e. The molecule has 0 aliphatic rings. The number of benzene rings is 2. The molecule has 1 nitrogen and oxygen atoms in total. The highest BCUT2D eigenvalue weighted by Crippen LogP contribution is 2.24. The molecule has 0 N–H and O–H groups in total. The van der Waals surface area contributed by atoms with Crippen LogP contribution in [0.5, 0.6) is 5.75 Å². The third-order valence-corrected chi connectivity index (χ3v) is 3.41. The topological polar surface area (TPSA) is 9.23 Å². The lowest BCUT2D eigenvalue weighted by atomic mass is 9.61. The maximum Gasteiger partial charge on any atom is 0.206 e. The summed E-state index contributed by atoms with van der Waals surface area (Å²) in [6, 6.07) is 0.199. The predicted molar refractivity (Wildman–Crippen MR) is 70.3 cm³/mol. The van der Waals surface area contributed by atoms with E-state index in [0.29, 0.717) is 0 Å². The summed E-state index contributed by atoms with van der Waals surface area (Å²) in [4.78, 5) is 0. The van der Waals surface area contributed by atoms with E-state index in [0.717, 1.165) is 14.0 Å². The number of halogens is 7. The highest BCUT2D eigenvalue weighted by Gasteiger charge is 2.28. The third kappa shape index (κ3) is 2.75. The summed E-state index contributed by atoms with van der Waals surface area (Å²) in [7, 11) is -0.133. The van der Waals surface area contributed by atoms with Crippen LogP contribution < -0.4 is 15.7 Å². The molecule has 0 saturated heterocycles. The summed E-state index contributed by atoms with van der Waals surface area (Å²) in [5.41, 5.74) is -2.19. The van der Waals surface area contributed by atoms with E-state index in [-0.39, 0.29) is 6.07 Å². The average Bonchev–Trinajstić information content (AvgIpc) is 2.50. The Kier molecular flexibility index (Phi) is 4.58. The van der Waals surface area contributed by atoms with Crippen LogP contribution >= 0.6 is 0 Å². The van der Waals surface area contributed by atoms with Crippen molar-refractivity contribution in [2.75, 3.05) is 7.11 Å². The minimum Gasteiger partial charge on any atom is -0.491 e. The molecule has 0 radical (unpaired) electrons. The van der Waals surface area contributed by atoms with Crippen LogP contribution in [0, 0.1) is 47.6 Å². The molecule has 0 fully saturated rings. The molecule has 0 heterocycles. The zero-order valence-electron chi connectivity index (χ0n) is 11.8. The maximum absolute atomic E-state index is 14.0. The van der Waals surface area contributed by atoms with Crippen molar-refractivity contribution in [3.8, 4) is 5.75 Å². The van der Waals surface area contributed by atoms with Crippen LogP contribution in [0.15, 0.2) is 6.07 Å². The van der Waals surface area contributed by atoms with Crippen molar-refractivity contribution >= 4 is 18.2 Å². The molecule has 0 aromatic heterocycles. The van der Waals surface area contributed by atoms with E-state index in [1.54, 1.807) is 0 Å². The minimum atomic E-state index is -2.01. The maximum atomic E-state index is 14.0. The van der Waals surface area contributed by atoms with Crippen LogP contribution in [0.1, 0.15) is 5.56 Å². The summed E-state index contributed by atoms with van der Waals surface area (Å²) >= 11 is 0. The van der Waals surface area contributed by atoms with Gasteiger partial charge >= 0.3 is 0 Å². The molecule has 0 aliphatic heterocycles. The lowest BCUT2D eigenvalue weighted by Crippen LogP contribution is -2.38. The van der Waals surface area contributed by atoms with Gasteiger partial charge in [0.1, 0.15) is 5.82 Å². The van der Waals surface area contributed by atoms with Crippen molar-refractivity contribution < 1.29 is 35.5 Å². The van der Waals surface area contributed by atoms with Gasteiger partial charge in [-0.2, -0.15) is 4.39 Å². The van der Waals surface area contributed by atoms with Crippen molar-refractivity contribution in [3.05, 3.63) is 52.4 Å². The molecular formula is C14H8BF7O. The fraction of sp³-hybridized carbons (Fsp3) is 0.143. The first-order chi connectivity index (χ1) is 10.7. The molecule has 0 aliphatic carbocycles. The molecule has 2 aromatic rings. The van der Waals surface area contributed by atoms with Crippen LogP contribution in [0.2, 0.25) is 0 Å². The van der Waals surface area contributed by atoms with E-state index in [1.165, 1.54) is 0 Å². The molecule has 0 atom stereocenters. The fourth-order valence-electron chi connectivity index (χ4n) is 2.14. The molecule has 2 rings (SSSR count). The first-order valence-corrected chi connectivity index (χ1v) is 6.22. The lowest BCUT2D eigenvalue weighted by molar-refractivity contribution is 0.338. The van der Waals surface area contributed by atoms with Gasteiger partial charge in [0.05, 0.1) is 7.11 Å². The van der Waals surface area contributed by atoms with Crippen LogP contribution in [0.25, 0.3) is 0 Å². The summed E-state index contributed by atoms with van der Waals surface area (Å²) in [5.74, 6) is -12.7. The highest BCUT2D eigenvalue weighted by molar-refractivity contribution is 6.68. The monoisotopic (exact) mass is 336 g/mol. The van der Waals surface area contributed by atoms with E-state index in [9.17, 15) is 30.7 Å². The Hall–Kier alpha value is -2.19. The second-order valence-corrected chi connectivity index (χ2v) is 4.70. The first-order valence-electron chi connectivity index (χ1n) is 6.22. The zero-order valence-corrected chi connectivity index (χ0v) is 11.8. The van der Waals surface area contributed by atoms with Gasteiger partial charge in [-0.05, 0) is 23.4 Å². The molecule has 122 valence electrons. The highest BCUT2D eigenvalue weighted by atomic mass is 19.2. The zero-order chi connectivity index (χ0) is 17.5. The molecule has 0 amide bonds. The molecule has 0 bridgehead atoms. The largest absolute Gasteiger partial charge is 0.491 e. The fourth-order valence-corrected chi connectivity index (χ4v) is 2.14. The summed E-state index contributed by atoms with van der Waals surface area (Å²) in [5, 5.41) is 0. The Balaban J connectivity index is 2.67. The Morgan fingerprint density at radius 3 is 1.91 bits per heavy atom. The summed E-state index contributed by atoms with van der Waals surface area (Å²) in [6.07, 6.45) is 0. The van der Waals surface area contributed by atoms with E-state index in [4.69, 9.17) is 0 Å². The second kappa shape index (κ2) is 6.13. The van der Waals surface area contributed by atoms with Gasteiger partial charge in [-0.3, -0.25) is 0 Å². The Labute approximate surface area is 126 Å². The Morgan fingerprint density at radius 2 is 1.35 bits per heavy atom. The van der Waals surface area contributed by atoms with Crippen molar-refractivity contribution in [2.45, 2.75) is 6.92 Å². The SMILES string of the molecule is COc1c(F)c(F)c(F)c(Bc2c(F)cc(F)c(F)c2C)c1F. The van der Waals surface area contributed by atoms with Crippen molar-refractivity contribution in [1.82, 2.24) is 0 Å². The van der Waals surface area contributed by atoms with Crippen molar-refractivity contribution in [3.63, 3.8) is 0 Å². The standard InChI is InChI=1S/C14H8BF7O/c1-4-7(5(16)3-6(17)9(4)18)15-8-10(19)12(21)13(22)14(23-2)11(8)20/h3,15H,1-2H3. The molecule has 2 aromatic carbocycles. The third-order valence-electron chi connectivity index (χ3n) is 3.41. The number of hydrogen-bond donors (Lipinski definition) is 0. The Bertz CT molecular complexity index is 792. The van der Waals surface area contributed by atoms with Gasteiger partial charge in [0.25, 0.3) is 0 Å². The number of rotatable bonds is 3. The number of methoxy groups -OCH3 is 1. The van der Waals surface area contributed by atoms with Crippen LogP contribution in [0.4, 0.5) is 30.7 Å². The minimum absolute atomic E-state index is 0.199. The van der Waals surface area contributed by atoms with Gasteiger partial charge in [0, 0.05) is 6.07 Å². The molecule has 9 heteroatoms. The van der Waals surface area contributed by atoms with E-state index >= 15 is 0 Å². The Morgan fingerprint density at radius 1 is 0.739 bits per heavy atom. The summed E-state index contributed by atoms with van der Waals surface area (Å²) in [6.45, 7) is 0.990. The van der Waals surface area contributed by atoms with Gasteiger partial charge in [0.15, 0.2) is 34.8 Å². The van der Waals surface area contributed by atoms with E-state index < -0.39 is 70.2 Å². The van der Waals surface area contributed by atoms with Crippen LogP contribution in [-0.4, -0.2) is 14.4 Å². The second-order valence-electron chi connectivity index (χ2n) is 4.70. The van der Waals surface area contributed by atoms with Crippen LogP contribution in [0.3, 0.4) is 0 Å². The molecule has 0 saturated carbocycles. The first kappa shape index (κ1) is 17.2. The van der Waals surface area contributed by atoms with Gasteiger partial charge in [-0.25, -0.2) is 26.3 Å². The van der Waals surface area contributed by atoms with Gasteiger partial charge in [-0.15, -0.1) is 0 Å². The number of ether oxygens (including phenoxy) is 1. The molecule has 0 spiro atoms. The van der Waals surface area contributed by atoms with Gasteiger partial charge < -0.3 is 4.74 Å². The molecule has 23 heavy (non-hydrogen) atoms.